The Morgan fingerprint density at radius 2 is 2.14 bits per heavy atom. The van der Waals surface area contributed by atoms with Crippen LogP contribution < -0.4 is 0 Å². The van der Waals surface area contributed by atoms with Gasteiger partial charge in [0.25, 0.3) is 0 Å². The molecule has 1 aromatic carbocycles. The molecule has 0 amide bonds. The SMILES string of the molecule is COC(=O)[C@H]1C[C@@](C#N)(c2ccc(Cl)c(Cl)c2)CCC1=O. The molecule has 0 unspecified atom stereocenters. The Kier molecular flexibility index (Phi) is 4.55. The number of carbonyl (C=O) groups is 2. The third-order valence-electron chi connectivity index (χ3n) is 3.91. The maximum Gasteiger partial charge on any atom is 0.316 e. The number of esters is 1. The molecule has 2 atom stereocenters. The number of nitrogens with zero attached hydrogens (tertiary/aromatic N) is 1. The minimum absolute atomic E-state index is 0.104. The number of ketones is 1. The van der Waals surface area contributed by atoms with Gasteiger partial charge in [0.15, 0.2) is 0 Å². The Balaban J connectivity index is 2.42. The van der Waals surface area contributed by atoms with Crippen LogP contribution in [-0.4, -0.2) is 18.9 Å². The van der Waals surface area contributed by atoms with E-state index in [9.17, 15) is 14.9 Å². The van der Waals surface area contributed by atoms with E-state index < -0.39 is 17.3 Å². The van der Waals surface area contributed by atoms with Crippen LogP contribution in [0, 0.1) is 17.2 Å². The maximum absolute atomic E-state index is 11.9. The highest BCUT2D eigenvalue weighted by atomic mass is 35.5. The van der Waals surface area contributed by atoms with Gasteiger partial charge in [0.1, 0.15) is 11.7 Å². The lowest BCUT2D eigenvalue weighted by molar-refractivity contribution is -0.151. The maximum atomic E-state index is 11.9. The fraction of sp³-hybridized carbons (Fsp3) is 0.400. The minimum Gasteiger partial charge on any atom is -0.468 e. The van der Waals surface area contributed by atoms with E-state index in [1.165, 1.54) is 7.11 Å². The average Bonchev–Trinajstić information content (AvgIpc) is 2.50. The standard InChI is InChI=1S/C15H13Cl2NO3/c1-21-14(20)10-7-15(8-18,5-4-13(10)19)9-2-3-11(16)12(17)6-9/h2-3,6,10H,4-5,7H2,1H3/t10-,15-/m0/s1. The number of carbonyl (C=O) groups excluding carboxylic acids is 2. The summed E-state index contributed by atoms with van der Waals surface area (Å²) in [6, 6.07) is 7.19. The van der Waals surface area contributed by atoms with Gasteiger partial charge in [0, 0.05) is 6.42 Å². The molecule has 1 saturated carbocycles. The smallest absolute Gasteiger partial charge is 0.316 e. The number of Topliss-reactive ketones (excluding diaryl/α,β-unsaturated/α-hetero) is 1. The van der Waals surface area contributed by atoms with Crippen LogP contribution in [0.1, 0.15) is 24.8 Å². The van der Waals surface area contributed by atoms with Crippen molar-refractivity contribution in [2.45, 2.75) is 24.7 Å². The highest BCUT2D eigenvalue weighted by Crippen LogP contribution is 2.42. The van der Waals surface area contributed by atoms with E-state index >= 15 is 0 Å². The first-order chi connectivity index (χ1) is 9.93. The third kappa shape index (κ3) is 2.90. The van der Waals surface area contributed by atoms with Crippen LogP contribution in [0.15, 0.2) is 18.2 Å². The van der Waals surface area contributed by atoms with Gasteiger partial charge in [-0.3, -0.25) is 9.59 Å². The number of rotatable bonds is 2. The molecule has 1 aliphatic rings. The van der Waals surface area contributed by atoms with Crippen molar-refractivity contribution in [2.75, 3.05) is 7.11 Å². The van der Waals surface area contributed by atoms with E-state index in [1.807, 2.05) is 0 Å². The van der Waals surface area contributed by atoms with Gasteiger partial charge >= 0.3 is 5.97 Å². The van der Waals surface area contributed by atoms with Crippen LogP contribution >= 0.6 is 23.2 Å². The molecule has 2 rings (SSSR count). The molecule has 21 heavy (non-hydrogen) atoms. The van der Waals surface area contributed by atoms with Crippen LogP contribution in [0.25, 0.3) is 0 Å². The second-order valence-electron chi connectivity index (χ2n) is 5.07. The van der Waals surface area contributed by atoms with Crippen molar-refractivity contribution in [1.82, 2.24) is 0 Å². The number of ether oxygens (including phenoxy) is 1. The number of benzene rings is 1. The molecule has 1 fully saturated rings. The summed E-state index contributed by atoms with van der Waals surface area (Å²) in [5, 5.41) is 10.4. The fourth-order valence-corrected chi connectivity index (χ4v) is 2.95. The average molecular weight is 326 g/mol. The highest BCUT2D eigenvalue weighted by molar-refractivity contribution is 6.42. The summed E-state index contributed by atoms with van der Waals surface area (Å²) in [6.45, 7) is 0. The van der Waals surface area contributed by atoms with Crippen molar-refractivity contribution in [1.29, 1.82) is 5.26 Å². The lowest BCUT2D eigenvalue weighted by atomic mass is 9.66. The van der Waals surface area contributed by atoms with Crippen LogP contribution in [0.2, 0.25) is 10.0 Å². The Morgan fingerprint density at radius 1 is 1.43 bits per heavy atom. The largest absolute Gasteiger partial charge is 0.468 e. The predicted octanol–water partition coefficient (Wildman–Crippen LogP) is 3.30. The summed E-state index contributed by atoms with van der Waals surface area (Å²) in [7, 11) is 1.23. The second-order valence-corrected chi connectivity index (χ2v) is 5.88. The topological polar surface area (TPSA) is 67.2 Å². The van der Waals surface area contributed by atoms with Crippen molar-refractivity contribution >= 4 is 35.0 Å². The summed E-state index contributed by atoms with van der Waals surface area (Å²) < 4.78 is 4.66. The Morgan fingerprint density at radius 3 is 2.71 bits per heavy atom. The zero-order valence-electron chi connectivity index (χ0n) is 11.4. The van der Waals surface area contributed by atoms with E-state index in [-0.39, 0.29) is 18.6 Å². The van der Waals surface area contributed by atoms with Gasteiger partial charge in [-0.25, -0.2) is 0 Å². The third-order valence-corrected chi connectivity index (χ3v) is 4.65. The van der Waals surface area contributed by atoms with Crippen molar-refractivity contribution in [3.63, 3.8) is 0 Å². The van der Waals surface area contributed by atoms with E-state index in [4.69, 9.17) is 23.2 Å². The summed E-state index contributed by atoms with van der Waals surface area (Å²) in [4.78, 5) is 23.6. The fourth-order valence-electron chi connectivity index (χ4n) is 2.65. The van der Waals surface area contributed by atoms with Crippen molar-refractivity contribution in [2.24, 2.45) is 5.92 Å². The predicted molar refractivity (Wildman–Crippen MR) is 78.1 cm³/mol. The number of nitriles is 1. The molecule has 6 heteroatoms. The van der Waals surface area contributed by atoms with Gasteiger partial charge in [-0.05, 0) is 30.5 Å². The summed E-state index contributed by atoms with van der Waals surface area (Å²) in [6.07, 6.45) is 0.619. The molecular formula is C15H13Cl2NO3. The van der Waals surface area contributed by atoms with Crippen LogP contribution in [0.4, 0.5) is 0 Å². The number of hydrogen-bond donors (Lipinski definition) is 0. The number of methoxy groups -OCH3 is 1. The molecule has 4 nitrogen and oxygen atoms in total. The molecule has 0 heterocycles. The first-order valence-corrected chi connectivity index (χ1v) is 7.16. The van der Waals surface area contributed by atoms with Crippen LogP contribution in [0.3, 0.4) is 0 Å². The Hall–Kier alpha value is -1.57. The zero-order valence-corrected chi connectivity index (χ0v) is 12.9. The summed E-state index contributed by atoms with van der Waals surface area (Å²) in [5.41, 5.74) is -0.262. The molecule has 0 aliphatic heterocycles. The molecular weight excluding hydrogens is 313 g/mol. The summed E-state index contributed by atoms with van der Waals surface area (Å²) >= 11 is 11.9. The Bertz CT molecular complexity index is 630. The lowest BCUT2D eigenvalue weighted by Crippen LogP contribution is -2.40. The van der Waals surface area contributed by atoms with E-state index in [1.54, 1.807) is 18.2 Å². The van der Waals surface area contributed by atoms with Crippen molar-refractivity contribution in [3.05, 3.63) is 33.8 Å². The molecule has 0 radical (unpaired) electrons. The minimum atomic E-state index is -0.930. The first kappa shape index (κ1) is 15.8. The highest BCUT2D eigenvalue weighted by Gasteiger charge is 2.45. The molecule has 0 bridgehead atoms. The van der Waals surface area contributed by atoms with Gasteiger partial charge in [0.05, 0.1) is 28.6 Å². The van der Waals surface area contributed by atoms with Gasteiger partial charge in [-0.2, -0.15) is 5.26 Å². The van der Waals surface area contributed by atoms with E-state index in [0.717, 1.165) is 0 Å². The van der Waals surface area contributed by atoms with Crippen LogP contribution in [-0.2, 0) is 19.7 Å². The molecule has 1 aromatic rings. The number of halogens is 2. The van der Waals surface area contributed by atoms with Gasteiger partial charge in [-0.1, -0.05) is 29.3 Å². The normalized spacial score (nSPS) is 25.2. The second kappa shape index (κ2) is 6.05. The van der Waals surface area contributed by atoms with E-state index in [0.29, 0.717) is 22.0 Å². The van der Waals surface area contributed by atoms with Crippen molar-refractivity contribution < 1.29 is 14.3 Å². The zero-order chi connectivity index (χ0) is 15.6. The van der Waals surface area contributed by atoms with Gasteiger partial charge in [-0.15, -0.1) is 0 Å². The number of hydrogen-bond acceptors (Lipinski definition) is 4. The molecule has 0 spiro atoms. The van der Waals surface area contributed by atoms with Gasteiger partial charge in [0.2, 0.25) is 0 Å². The Labute approximate surface area is 132 Å². The molecule has 0 N–H and O–H groups in total. The quantitative estimate of drug-likeness (QED) is 0.618. The molecule has 110 valence electrons. The van der Waals surface area contributed by atoms with Crippen molar-refractivity contribution in [3.8, 4) is 6.07 Å². The van der Waals surface area contributed by atoms with E-state index in [2.05, 4.69) is 10.8 Å². The molecule has 0 aromatic heterocycles. The summed E-state index contributed by atoms with van der Waals surface area (Å²) in [5.74, 6) is -1.69. The molecule has 0 saturated heterocycles. The molecule has 1 aliphatic carbocycles. The monoisotopic (exact) mass is 325 g/mol. The lowest BCUT2D eigenvalue weighted by Gasteiger charge is -2.34. The first-order valence-electron chi connectivity index (χ1n) is 6.41. The van der Waals surface area contributed by atoms with Crippen LogP contribution in [0.5, 0.6) is 0 Å². The van der Waals surface area contributed by atoms with Gasteiger partial charge < -0.3 is 4.74 Å².